The first kappa shape index (κ1) is 19.5. The molecule has 2 aromatic rings. The Bertz CT molecular complexity index is 621. The second kappa shape index (κ2) is 10.2. The molecule has 1 N–H and O–H groups in total. The van der Waals surface area contributed by atoms with E-state index in [0.29, 0.717) is 6.04 Å². The molecule has 0 heterocycles. The van der Waals surface area contributed by atoms with E-state index in [1.807, 2.05) is 0 Å². The number of hydrogen-bond donors (Lipinski definition) is 1. The van der Waals surface area contributed by atoms with Crippen LogP contribution < -0.4 is 5.32 Å². The maximum atomic E-state index is 3.57. The fourth-order valence-electron chi connectivity index (χ4n) is 3.15. The molecule has 0 aliphatic carbocycles. The molecule has 0 aliphatic rings. The zero-order valence-electron chi connectivity index (χ0n) is 16.4. The van der Waals surface area contributed by atoms with Crippen molar-refractivity contribution in [1.29, 1.82) is 0 Å². The Kier molecular flexibility index (Phi) is 8.00. The Morgan fingerprint density at radius 1 is 1.00 bits per heavy atom. The molecule has 136 valence electrons. The van der Waals surface area contributed by atoms with Crippen molar-refractivity contribution in [3.05, 3.63) is 65.2 Å². The third-order valence-electron chi connectivity index (χ3n) is 4.88. The molecule has 0 unspecified atom stereocenters. The molecule has 1 atom stereocenters. The number of rotatable bonds is 10. The van der Waals surface area contributed by atoms with E-state index in [4.69, 9.17) is 0 Å². The highest BCUT2D eigenvalue weighted by atomic mass is 15.1. The van der Waals surface area contributed by atoms with E-state index in [1.54, 1.807) is 0 Å². The van der Waals surface area contributed by atoms with Crippen molar-refractivity contribution in [3.8, 4) is 0 Å². The van der Waals surface area contributed by atoms with Gasteiger partial charge in [0, 0.05) is 24.8 Å². The van der Waals surface area contributed by atoms with Gasteiger partial charge < -0.3 is 5.32 Å². The predicted molar refractivity (Wildman–Crippen MR) is 110 cm³/mol. The second-order valence-electron chi connectivity index (χ2n) is 6.99. The van der Waals surface area contributed by atoms with Gasteiger partial charge in [-0.25, -0.2) is 0 Å². The Balaban J connectivity index is 2.18. The van der Waals surface area contributed by atoms with Crippen molar-refractivity contribution in [2.24, 2.45) is 0 Å². The molecule has 2 aromatic carbocycles. The molecule has 2 rings (SSSR count). The summed E-state index contributed by atoms with van der Waals surface area (Å²) in [5, 5.41) is 3.57. The van der Waals surface area contributed by atoms with Crippen LogP contribution in [0.3, 0.4) is 0 Å². The van der Waals surface area contributed by atoms with Crippen LogP contribution in [0.25, 0.3) is 0 Å². The van der Waals surface area contributed by atoms with E-state index in [2.05, 4.69) is 86.4 Å². The number of unbranched alkanes of at least 4 members (excludes halogenated alkanes) is 1. The van der Waals surface area contributed by atoms with Crippen molar-refractivity contribution in [2.75, 3.05) is 18.4 Å². The Morgan fingerprint density at radius 2 is 1.76 bits per heavy atom. The maximum Gasteiger partial charge on any atom is 0.0373 e. The van der Waals surface area contributed by atoms with Gasteiger partial charge in [0.2, 0.25) is 0 Å². The van der Waals surface area contributed by atoms with E-state index in [9.17, 15) is 0 Å². The van der Waals surface area contributed by atoms with Gasteiger partial charge in [0.15, 0.2) is 0 Å². The first-order valence-electron chi connectivity index (χ1n) is 9.78. The number of aryl methyl sites for hydroxylation is 1. The van der Waals surface area contributed by atoms with Crippen LogP contribution in [0.4, 0.5) is 5.69 Å². The zero-order chi connectivity index (χ0) is 18.1. The third-order valence-corrected chi connectivity index (χ3v) is 4.88. The molecule has 0 fully saturated rings. The van der Waals surface area contributed by atoms with Crippen molar-refractivity contribution in [2.45, 2.75) is 59.5 Å². The van der Waals surface area contributed by atoms with Gasteiger partial charge >= 0.3 is 0 Å². The molecule has 0 amide bonds. The van der Waals surface area contributed by atoms with Crippen LogP contribution in [0.2, 0.25) is 0 Å². The fourth-order valence-corrected chi connectivity index (χ4v) is 3.15. The quantitative estimate of drug-likeness (QED) is 0.556. The largest absolute Gasteiger partial charge is 0.385 e. The Hall–Kier alpha value is -1.80. The summed E-state index contributed by atoms with van der Waals surface area (Å²) < 4.78 is 0. The molecule has 2 heteroatoms. The number of benzene rings is 2. The lowest BCUT2D eigenvalue weighted by atomic mass is 10.0. The topological polar surface area (TPSA) is 15.3 Å². The molecule has 25 heavy (non-hydrogen) atoms. The van der Waals surface area contributed by atoms with E-state index in [0.717, 1.165) is 26.1 Å². The fraction of sp³-hybridized carbons (Fsp3) is 0.478. The summed E-state index contributed by atoms with van der Waals surface area (Å²) >= 11 is 0. The molecule has 0 aliphatic heterocycles. The van der Waals surface area contributed by atoms with Gasteiger partial charge in [0.25, 0.3) is 0 Å². The molecule has 0 aromatic heterocycles. The van der Waals surface area contributed by atoms with E-state index in [1.165, 1.54) is 35.2 Å². The monoisotopic (exact) mass is 338 g/mol. The van der Waals surface area contributed by atoms with Gasteiger partial charge in [0.1, 0.15) is 0 Å². The Morgan fingerprint density at radius 3 is 2.44 bits per heavy atom. The summed E-state index contributed by atoms with van der Waals surface area (Å²) in [4.78, 5) is 2.60. The van der Waals surface area contributed by atoms with E-state index < -0.39 is 0 Å². The zero-order valence-corrected chi connectivity index (χ0v) is 16.4. The molecule has 0 saturated heterocycles. The lowest BCUT2D eigenvalue weighted by Gasteiger charge is -2.30. The number of nitrogens with zero attached hydrogens (tertiary/aromatic N) is 1. The van der Waals surface area contributed by atoms with Crippen LogP contribution in [0.1, 0.15) is 62.8 Å². The summed E-state index contributed by atoms with van der Waals surface area (Å²) in [6, 6.07) is 18.1. The Labute approximate surface area is 154 Å². The minimum atomic E-state index is 0.412. The van der Waals surface area contributed by atoms with Crippen LogP contribution in [-0.2, 0) is 6.54 Å². The summed E-state index contributed by atoms with van der Waals surface area (Å²) in [7, 11) is 0. The third kappa shape index (κ3) is 5.89. The van der Waals surface area contributed by atoms with E-state index in [-0.39, 0.29) is 0 Å². The highest BCUT2D eigenvalue weighted by Gasteiger charge is 2.16. The SMILES string of the molecule is CCCCN(Cc1ccccc1)[C@H](C)c1ccc(C)c(NCCC)c1. The van der Waals surface area contributed by atoms with Crippen LogP contribution >= 0.6 is 0 Å². The van der Waals surface area contributed by atoms with Gasteiger partial charge in [-0.1, -0.05) is 62.7 Å². The van der Waals surface area contributed by atoms with Crippen molar-refractivity contribution in [3.63, 3.8) is 0 Å². The molecule has 0 bridgehead atoms. The second-order valence-corrected chi connectivity index (χ2v) is 6.99. The van der Waals surface area contributed by atoms with Gasteiger partial charge in [0.05, 0.1) is 0 Å². The smallest absolute Gasteiger partial charge is 0.0373 e. The average molecular weight is 339 g/mol. The molecule has 0 saturated carbocycles. The van der Waals surface area contributed by atoms with Crippen molar-refractivity contribution in [1.82, 2.24) is 4.90 Å². The summed E-state index contributed by atoms with van der Waals surface area (Å²) in [6.45, 7) is 12.2. The summed E-state index contributed by atoms with van der Waals surface area (Å²) in [5.74, 6) is 0. The van der Waals surface area contributed by atoms with Gasteiger partial charge in [-0.2, -0.15) is 0 Å². The molecular weight excluding hydrogens is 304 g/mol. The first-order chi connectivity index (χ1) is 12.2. The molecule has 0 spiro atoms. The lowest BCUT2D eigenvalue weighted by molar-refractivity contribution is 0.198. The van der Waals surface area contributed by atoms with E-state index >= 15 is 0 Å². The summed E-state index contributed by atoms with van der Waals surface area (Å²) in [6.07, 6.45) is 3.62. The number of anilines is 1. The van der Waals surface area contributed by atoms with Crippen LogP contribution in [0.15, 0.2) is 48.5 Å². The standard InChI is InChI=1S/C23H34N2/c1-5-7-16-25(18-21-11-9-8-10-12-21)20(4)22-14-13-19(3)23(17-22)24-15-6-2/h8-14,17,20,24H,5-7,15-16,18H2,1-4H3/t20-/m1/s1. The summed E-state index contributed by atoms with van der Waals surface area (Å²) in [5.41, 5.74) is 5.40. The highest BCUT2D eigenvalue weighted by molar-refractivity contribution is 5.53. The first-order valence-corrected chi connectivity index (χ1v) is 9.78. The molecule has 0 radical (unpaired) electrons. The predicted octanol–water partition coefficient (Wildman–Crippen LogP) is 6.18. The molecule has 2 nitrogen and oxygen atoms in total. The lowest BCUT2D eigenvalue weighted by Crippen LogP contribution is -2.28. The van der Waals surface area contributed by atoms with Crippen molar-refractivity contribution >= 4 is 5.69 Å². The maximum absolute atomic E-state index is 3.57. The van der Waals surface area contributed by atoms with Crippen LogP contribution in [-0.4, -0.2) is 18.0 Å². The minimum absolute atomic E-state index is 0.412. The number of hydrogen-bond acceptors (Lipinski definition) is 2. The van der Waals surface area contributed by atoms with Gasteiger partial charge in [-0.15, -0.1) is 0 Å². The average Bonchev–Trinajstić information content (AvgIpc) is 2.64. The van der Waals surface area contributed by atoms with Crippen LogP contribution in [0.5, 0.6) is 0 Å². The minimum Gasteiger partial charge on any atom is -0.385 e. The normalized spacial score (nSPS) is 12.4. The van der Waals surface area contributed by atoms with Crippen molar-refractivity contribution < 1.29 is 0 Å². The van der Waals surface area contributed by atoms with Gasteiger partial charge in [-0.05, 0) is 56.0 Å². The van der Waals surface area contributed by atoms with Gasteiger partial charge in [-0.3, -0.25) is 4.90 Å². The van der Waals surface area contributed by atoms with Crippen LogP contribution in [0, 0.1) is 6.92 Å². The molecular formula is C23H34N2. The highest BCUT2D eigenvalue weighted by Crippen LogP contribution is 2.27. The number of nitrogens with one attached hydrogen (secondary N) is 1.